The molecular formula is C11H18N2O. The van der Waals surface area contributed by atoms with E-state index in [1.165, 1.54) is 0 Å². The highest BCUT2D eigenvalue weighted by Gasteiger charge is 2.07. The third kappa shape index (κ3) is 2.17. The molecular weight excluding hydrogens is 176 g/mol. The van der Waals surface area contributed by atoms with E-state index in [1.54, 1.807) is 0 Å². The molecule has 3 heteroatoms. The van der Waals surface area contributed by atoms with Gasteiger partial charge in [-0.15, -0.1) is 0 Å². The second kappa shape index (κ2) is 4.86. The van der Waals surface area contributed by atoms with E-state index >= 15 is 0 Å². The van der Waals surface area contributed by atoms with Gasteiger partial charge in [-0.25, -0.2) is 0 Å². The Hall–Kier alpha value is -1.22. The summed E-state index contributed by atoms with van der Waals surface area (Å²) >= 11 is 0. The van der Waals surface area contributed by atoms with E-state index in [4.69, 9.17) is 10.8 Å². The van der Waals surface area contributed by atoms with Gasteiger partial charge in [-0.1, -0.05) is 6.07 Å². The van der Waals surface area contributed by atoms with Crippen LogP contribution in [0.1, 0.15) is 12.5 Å². The number of likely N-dealkylation sites (N-methyl/N-ethyl adjacent to an activating group) is 1. The summed E-state index contributed by atoms with van der Waals surface area (Å²) in [7, 11) is 0. The molecule has 78 valence electrons. The zero-order valence-electron chi connectivity index (χ0n) is 8.83. The molecule has 0 saturated heterocycles. The van der Waals surface area contributed by atoms with Crippen LogP contribution < -0.4 is 10.6 Å². The van der Waals surface area contributed by atoms with Crippen LogP contribution in [0.3, 0.4) is 0 Å². The standard InChI is InChI=1S/C11H18N2O/c1-3-13(7-8-14)11-6-4-5-10(12)9(11)2/h4-6,14H,3,7-8,12H2,1-2H3. The molecule has 0 amide bonds. The summed E-state index contributed by atoms with van der Waals surface area (Å²) in [6.45, 7) is 5.77. The number of nitrogens with zero attached hydrogens (tertiary/aromatic N) is 1. The molecule has 0 heterocycles. The molecule has 0 radical (unpaired) electrons. The van der Waals surface area contributed by atoms with E-state index in [0.29, 0.717) is 6.54 Å². The summed E-state index contributed by atoms with van der Waals surface area (Å²) in [6, 6.07) is 5.87. The highest BCUT2D eigenvalue weighted by molar-refractivity contribution is 5.64. The molecule has 0 unspecified atom stereocenters. The van der Waals surface area contributed by atoms with E-state index in [1.807, 2.05) is 25.1 Å². The minimum atomic E-state index is 0.169. The van der Waals surface area contributed by atoms with Crippen molar-refractivity contribution in [2.75, 3.05) is 30.3 Å². The van der Waals surface area contributed by atoms with Gasteiger partial charge in [0.25, 0.3) is 0 Å². The second-order valence-corrected chi connectivity index (χ2v) is 3.29. The Labute approximate surface area is 85.2 Å². The largest absolute Gasteiger partial charge is 0.398 e. The maximum absolute atomic E-state index is 8.92. The number of hydrogen-bond donors (Lipinski definition) is 2. The molecule has 0 aliphatic heterocycles. The number of hydrogen-bond acceptors (Lipinski definition) is 3. The van der Waals surface area contributed by atoms with Gasteiger partial charge < -0.3 is 15.7 Å². The lowest BCUT2D eigenvalue weighted by Gasteiger charge is -2.24. The van der Waals surface area contributed by atoms with E-state index < -0.39 is 0 Å². The maximum atomic E-state index is 8.92. The van der Waals surface area contributed by atoms with E-state index in [-0.39, 0.29) is 6.61 Å². The van der Waals surface area contributed by atoms with Crippen LogP contribution >= 0.6 is 0 Å². The lowest BCUT2D eigenvalue weighted by molar-refractivity contribution is 0.302. The van der Waals surface area contributed by atoms with Gasteiger partial charge in [0.05, 0.1) is 6.61 Å². The first-order valence-corrected chi connectivity index (χ1v) is 4.91. The number of benzene rings is 1. The second-order valence-electron chi connectivity index (χ2n) is 3.29. The number of nitrogen functional groups attached to an aromatic ring is 1. The number of aliphatic hydroxyl groups excluding tert-OH is 1. The summed E-state index contributed by atoms with van der Waals surface area (Å²) in [5.74, 6) is 0. The summed E-state index contributed by atoms with van der Waals surface area (Å²) < 4.78 is 0. The van der Waals surface area contributed by atoms with Crippen LogP contribution in [0.25, 0.3) is 0 Å². The van der Waals surface area contributed by atoms with Crippen molar-refractivity contribution in [3.8, 4) is 0 Å². The number of aliphatic hydroxyl groups is 1. The predicted molar refractivity (Wildman–Crippen MR) is 60.6 cm³/mol. The molecule has 0 bridgehead atoms. The van der Waals surface area contributed by atoms with Gasteiger partial charge in [-0.05, 0) is 31.5 Å². The molecule has 0 atom stereocenters. The quantitative estimate of drug-likeness (QED) is 0.712. The van der Waals surface area contributed by atoms with Crippen molar-refractivity contribution in [3.05, 3.63) is 23.8 Å². The molecule has 14 heavy (non-hydrogen) atoms. The Morgan fingerprint density at radius 2 is 2.14 bits per heavy atom. The molecule has 3 nitrogen and oxygen atoms in total. The molecule has 0 saturated carbocycles. The minimum Gasteiger partial charge on any atom is -0.398 e. The molecule has 1 rings (SSSR count). The lowest BCUT2D eigenvalue weighted by Crippen LogP contribution is -2.27. The van der Waals surface area contributed by atoms with Crippen molar-refractivity contribution in [2.45, 2.75) is 13.8 Å². The van der Waals surface area contributed by atoms with Gasteiger partial charge in [0.1, 0.15) is 0 Å². The van der Waals surface area contributed by atoms with Gasteiger partial charge in [-0.2, -0.15) is 0 Å². The predicted octanol–water partition coefficient (Wildman–Crippen LogP) is 1.40. The van der Waals surface area contributed by atoms with Gasteiger partial charge in [-0.3, -0.25) is 0 Å². The van der Waals surface area contributed by atoms with Crippen LogP contribution in [-0.2, 0) is 0 Å². The maximum Gasteiger partial charge on any atom is 0.0606 e. The number of rotatable bonds is 4. The van der Waals surface area contributed by atoms with Crippen molar-refractivity contribution in [3.63, 3.8) is 0 Å². The number of anilines is 2. The summed E-state index contributed by atoms with van der Waals surface area (Å²) in [4.78, 5) is 2.12. The Balaban J connectivity index is 2.97. The SMILES string of the molecule is CCN(CCO)c1cccc(N)c1C. The van der Waals surface area contributed by atoms with Crippen LogP contribution in [0, 0.1) is 6.92 Å². The topological polar surface area (TPSA) is 49.5 Å². The highest BCUT2D eigenvalue weighted by Crippen LogP contribution is 2.24. The minimum absolute atomic E-state index is 0.169. The third-order valence-corrected chi connectivity index (χ3v) is 2.44. The highest BCUT2D eigenvalue weighted by atomic mass is 16.3. The first-order chi connectivity index (χ1) is 6.70. The monoisotopic (exact) mass is 194 g/mol. The molecule has 1 aromatic rings. The average molecular weight is 194 g/mol. The van der Waals surface area contributed by atoms with Gasteiger partial charge in [0.15, 0.2) is 0 Å². The molecule has 0 fully saturated rings. The van der Waals surface area contributed by atoms with Crippen molar-refractivity contribution < 1.29 is 5.11 Å². The Kier molecular flexibility index (Phi) is 3.77. The smallest absolute Gasteiger partial charge is 0.0606 e. The fourth-order valence-corrected chi connectivity index (χ4v) is 1.55. The van der Waals surface area contributed by atoms with Crippen molar-refractivity contribution in [2.24, 2.45) is 0 Å². The van der Waals surface area contributed by atoms with Gasteiger partial charge in [0.2, 0.25) is 0 Å². The van der Waals surface area contributed by atoms with Crippen LogP contribution in [0.5, 0.6) is 0 Å². The summed E-state index contributed by atoms with van der Waals surface area (Å²) in [5.41, 5.74) is 8.82. The van der Waals surface area contributed by atoms with Gasteiger partial charge in [0, 0.05) is 24.5 Å². The summed E-state index contributed by atoms with van der Waals surface area (Å²) in [6.07, 6.45) is 0. The van der Waals surface area contributed by atoms with Gasteiger partial charge >= 0.3 is 0 Å². The first-order valence-electron chi connectivity index (χ1n) is 4.91. The molecule has 1 aromatic carbocycles. The van der Waals surface area contributed by atoms with Crippen molar-refractivity contribution in [1.82, 2.24) is 0 Å². The Bertz CT molecular complexity index is 299. The van der Waals surface area contributed by atoms with E-state index in [2.05, 4.69) is 11.8 Å². The summed E-state index contributed by atoms with van der Waals surface area (Å²) in [5, 5.41) is 8.92. The fourth-order valence-electron chi connectivity index (χ4n) is 1.55. The fraction of sp³-hybridized carbons (Fsp3) is 0.455. The third-order valence-electron chi connectivity index (χ3n) is 2.44. The van der Waals surface area contributed by atoms with E-state index in [9.17, 15) is 0 Å². The van der Waals surface area contributed by atoms with Crippen LogP contribution in [-0.4, -0.2) is 24.8 Å². The number of nitrogens with two attached hydrogens (primary N) is 1. The zero-order chi connectivity index (χ0) is 10.6. The van der Waals surface area contributed by atoms with Crippen LogP contribution in [0.15, 0.2) is 18.2 Å². The molecule has 0 aromatic heterocycles. The lowest BCUT2D eigenvalue weighted by atomic mass is 10.1. The van der Waals surface area contributed by atoms with Crippen molar-refractivity contribution in [1.29, 1.82) is 0 Å². The molecule has 0 aliphatic carbocycles. The molecule has 0 spiro atoms. The normalized spacial score (nSPS) is 10.2. The Morgan fingerprint density at radius 1 is 1.43 bits per heavy atom. The average Bonchev–Trinajstić information content (AvgIpc) is 2.19. The zero-order valence-corrected chi connectivity index (χ0v) is 8.83. The van der Waals surface area contributed by atoms with E-state index in [0.717, 1.165) is 23.5 Å². The Morgan fingerprint density at radius 3 is 2.71 bits per heavy atom. The van der Waals surface area contributed by atoms with Crippen LogP contribution in [0.2, 0.25) is 0 Å². The molecule has 0 aliphatic rings. The molecule has 3 N–H and O–H groups in total. The van der Waals surface area contributed by atoms with Crippen molar-refractivity contribution >= 4 is 11.4 Å². The van der Waals surface area contributed by atoms with Crippen LogP contribution in [0.4, 0.5) is 11.4 Å². The first kappa shape index (κ1) is 10.9.